The molecule has 0 fully saturated rings. The molecule has 1 N–H and O–H groups in total. The highest BCUT2D eigenvalue weighted by molar-refractivity contribution is 9.10. The predicted molar refractivity (Wildman–Crippen MR) is 114 cm³/mol. The van der Waals surface area contributed by atoms with Crippen LogP contribution in [0.2, 0.25) is 5.02 Å². The number of nitrogens with one attached hydrogen (secondary N) is 1. The molecular formula is C22H16BrClN2O2. The van der Waals surface area contributed by atoms with Crippen LogP contribution in [0.1, 0.15) is 27.5 Å². The molecule has 0 saturated carbocycles. The third kappa shape index (κ3) is 3.55. The van der Waals surface area contributed by atoms with Gasteiger partial charge >= 0.3 is 0 Å². The maximum Gasteiger partial charge on any atom is 0.256 e. The molecule has 6 heteroatoms. The standard InChI is InChI=1S/C22H16BrClN2O2/c23-18-9-5-4-8-16(18)22(28)26-13-20(27)25-19-12-15(24)10-11-17(19)21(26)14-6-2-1-3-7-14/h1-12,21H,13H2,(H,25,27). The summed E-state index contributed by atoms with van der Waals surface area (Å²) in [6.45, 7) is -0.0635. The van der Waals surface area contributed by atoms with E-state index >= 15 is 0 Å². The summed E-state index contributed by atoms with van der Waals surface area (Å²) in [6.07, 6.45) is 0. The molecule has 1 aliphatic rings. The van der Waals surface area contributed by atoms with Gasteiger partial charge in [-0.3, -0.25) is 9.59 Å². The van der Waals surface area contributed by atoms with E-state index in [1.807, 2.05) is 48.5 Å². The number of benzene rings is 3. The lowest BCUT2D eigenvalue weighted by Crippen LogP contribution is -2.39. The first-order valence-corrected chi connectivity index (χ1v) is 9.91. The third-order valence-electron chi connectivity index (χ3n) is 4.69. The highest BCUT2D eigenvalue weighted by Crippen LogP contribution is 2.38. The van der Waals surface area contributed by atoms with Gasteiger partial charge in [0.25, 0.3) is 5.91 Å². The maximum absolute atomic E-state index is 13.5. The van der Waals surface area contributed by atoms with Gasteiger partial charge in [0, 0.05) is 20.7 Å². The molecule has 0 aliphatic carbocycles. The van der Waals surface area contributed by atoms with E-state index in [0.717, 1.165) is 11.1 Å². The topological polar surface area (TPSA) is 49.4 Å². The molecule has 1 aliphatic heterocycles. The summed E-state index contributed by atoms with van der Waals surface area (Å²) >= 11 is 9.60. The second-order valence-corrected chi connectivity index (χ2v) is 7.80. The fourth-order valence-electron chi connectivity index (χ4n) is 3.45. The van der Waals surface area contributed by atoms with Crippen LogP contribution in [-0.2, 0) is 4.79 Å². The Morgan fingerprint density at radius 1 is 1.04 bits per heavy atom. The molecule has 3 aromatic rings. The Balaban J connectivity index is 1.90. The van der Waals surface area contributed by atoms with Crippen molar-refractivity contribution in [1.82, 2.24) is 4.90 Å². The Morgan fingerprint density at radius 3 is 2.50 bits per heavy atom. The number of halogens is 2. The van der Waals surface area contributed by atoms with Crippen molar-refractivity contribution in [2.45, 2.75) is 6.04 Å². The largest absolute Gasteiger partial charge is 0.324 e. The van der Waals surface area contributed by atoms with E-state index in [9.17, 15) is 9.59 Å². The lowest BCUT2D eigenvalue weighted by Gasteiger charge is -2.31. The molecule has 3 aromatic carbocycles. The SMILES string of the molecule is O=C1CN(C(=O)c2ccccc2Br)C(c2ccccc2)c2ccc(Cl)cc2N1. The molecule has 1 atom stereocenters. The van der Waals surface area contributed by atoms with Crippen LogP contribution in [0.25, 0.3) is 0 Å². The lowest BCUT2D eigenvalue weighted by atomic mass is 9.95. The molecule has 0 radical (unpaired) electrons. The Labute approximate surface area is 176 Å². The number of amides is 2. The van der Waals surface area contributed by atoms with Crippen LogP contribution < -0.4 is 5.32 Å². The number of rotatable bonds is 2. The summed E-state index contributed by atoms with van der Waals surface area (Å²) < 4.78 is 0.688. The van der Waals surface area contributed by atoms with Gasteiger partial charge < -0.3 is 10.2 Å². The van der Waals surface area contributed by atoms with Gasteiger partial charge in [0.15, 0.2) is 0 Å². The first kappa shape index (κ1) is 18.7. The Morgan fingerprint density at radius 2 is 1.75 bits per heavy atom. The van der Waals surface area contributed by atoms with Crippen LogP contribution in [0, 0.1) is 0 Å². The van der Waals surface area contributed by atoms with Crippen molar-refractivity contribution in [2.24, 2.45) is 0 Å². The monoisotopic (exact) mass is 454 g/mol. The fourth-order valence-corrected chi connectivity index (χ4v) is 4.08. The zero-order valence-corrected chi connectivity index (χ0v) is 17.1. The van der Waals surface area contributed by atoms with E-state index in [4.69, 9.17) is 11.6 Å². The van der Waals surface area contributed by atoms with Crippen LogP contribution in [0.3, 0.4) is 0 Å². The van der Waals surface area contributed by atoms with Gasteiger partial charge in [0.05, 0.1) is 11.6 Å². The van der Waals surface area contributed by atoms with Crippen LogP contribution in [-0.4, -0.2) is 23.3 Å². The minimum Gasteiger partial charge on any atom is -0.324 e. The fraction of sp³-hybridized carbons (Fsp3) is 0.0909. The Kier molecular flexibility index (Phi) is 5.20. The van der Waals surface area contributed by atoms with Gasteiger partial charge in [0.1, 0.15) is 6.54 Å². The van der Waals surface area contributed by atoms with Crippen LogP contribution in [0.4, 0.5) is 5.69 Å². The average molecular weight is 456 g/mol. The highest BCUT2D eigenvalue weighted by atomic mass is 79.9. The number of fused-ring (bicyclic) bond motifs is 1. The number of hydrogen-bond acceptors (Lipinski definition) is 2. The molecule has 1 unspecified atom stereocenters. The van der Waals surface area contributed by atoms with Gasteiger partial charge in [-0.1, -0.05) is 60.1 Å². The van der Waals surface area contributed by atoms with Crippen molar-refractivity contribution < 1.29 is 9.59 Å². The smallest absolute Gasteiger partial charge is 0.256 e. The number of hydrogen-bond donors (Lipinski definition) is 1. The first-order valence-electron chi connectivity index (χ1n) is 8.74. The molecular weight excluding hydrogens is 440 g/mol. The van der Waals surface area contributed by atoms with E-state index in [1.54, 1.807) is 29.2 Å². The first-order chi connectivity index (χ1) is 13.5. The van der Waals surface area contributed by atoms with Crippen molar-refractivity contribution in [3.63, 3.8) is 0 Å². The van der Waals surface area contributed by atoms with Crippen molar-refractivity contribution in [1.29, 1.82) is 0 Å². The van der Waals surface area contributed by atoms with Crippen molar-refractivity contribution in [3.8, 4) is 0 Å². The highest BCUT2D eigenvalue weighted by Gasteiger charge is 2.34. The molecule has 4 nitrogen and oxygen atoms in total. The van der Waals surface area contributed by atoms with E-state index < -0.39 is 6.04 Å². The second-order valence-electron chi connectivity index (χ2n) is 6.51. The normalized spacial score (nSPS) is 16.1. The average Bonchev–Trinajstić information content (AvgIpc) is 2.83. The van der Waals surface area contributed by atoms with Gasteiger partial charge in [-0.05, 0) is 45.8 Å². The van der Waals surface area contributed by atoms with Gasteiger partial charge in [0.2, 0.25) is 5.91 Å². The van der Waals surface area contributed by atoms with E-state index in [1.165, 1.54) is 0 Å². The number of carbonyl (C=O) groups excluding carboxylic acids is 2. The number of carbonyl (C=O) groups is 2. The molecule has 0 spiro atoms. The predicted octanol–water partition coefficient (Wildman–Crippen LogP) is 5.29. The quantitative estimate of drug-likeness (QED) is 0.571. The summed E-state index contributed by atoms with van der Waals surface area (Å²) in [5.41, 5.74) is 2.87. The van der Waals surface area contributed by atoms with E-state index in [0.29, 0.717) is 20.7 Å². The maximum atomic E-state index is 13.5. The van der Waals surface area contributed by atoms with Gasteiger partial charge in [-0.25, -0.2) is 0 Å². The van der Waals surface area contributed by atoms with E-state index in [-0.39, 0.29) is 18.4 Å². The van der Waals surface area contributed by atoms with Gasteiger partial charge in [-0.15, -0.1) is 0 Å². The molecule has 0 saturated heterocycles. The second kappa shape index (κ2) is 7.78. The molecule has 28 heavy (non-hydrogen) atoms. The molecule has 4 rings (SSSR count). The molecule has 1 heterocycles. The zero-order valence-electron chi connectivity index (χ0n) is 14.7. The number of nitrogens with zero attached hydrogens (tertiary/aromatic N) is 1. The van der Waals surface area contributed by atoms with Crippen LogP contribution >= 0.6 is 27.5 Å². The lowest BCUT2D eigenvalue weighted by molar-refractivity contribution is -0.117. The minimum absolute atomic E-state index is 0.0635. The third-order valence-corrected chi connectivity index (χ3v) is 5.62. The van der Waals surface area contributed by atoms with Crippen molar-refractivity contribution in [3.05, 3.63) is 99.0 Å². The van der Waals surface area contributed by atoms with Crippen molar-refractivity contribution >= 4 is 45.0 Å². The van der Waals surface area contributed by atoms with Crippen molar-refractivity contribution in [2.75, 3.05) is 11.9 Å². The summed E-state index contributed by atoms with van der Waals surface area (Å²) in [5, 5.41) is 3.41. The van der Waals surface area contributed by atoms with Crippen LogP contribution in [0.15, 0.2) is 77.3 Å². The zero-order chi connectivity index (χ0) is 19.7. The van der Waals surface area contributed by atoms with Crippen LogP contribution in [0.5, 0.6) is 0 Å². The van der Waals surface area contributed by atoms with Gasteiger partial charge in [-0.2, -0.15) is 0 Å². The minimum atomic E-state index is -0.424. The summed E-state index contributed by atoms with van der Waals surface area (Å²) in [6, 6.07) is 21.8. The number of anilines is 1. The molecule has 140 valence electrons. The Hall–Kier alpha value is -2.63. The van der Waals surface area contributed by atoms with E-state index in [2.05, 4.69) is 21.2 Å². The molecule has 0 aromatic heterocycles. The Bertz CT molecular complexity index is 1060. The summed E-state index contributed by atoms with van der Waals surface area (Å²) in [5.74, 6) is -0.485. The summed E-state index contributed by atoms with van der Waals surface area (Å²) in [7, 11) is 0. The molecule has 2 amide bonds. The molecule has 0 bridgehead atoms. The summed E-state index contributed by atoms with van der Waals surface area (Å²) in [4.78, 5) is 27.7.